The molecule has 0 aliphatic carbocycles. The molecule has 0 spiro atoms. The van der Waals surface area contributed by atoms with E-state index in [-0.39, 0.29) is 11.5 Å². The molecule has 2 aromatic heterocycles. The average Bonchev–Trinajstić information content (AvgIpc) is 3.02. The second kappa shape index (κ2) is 4.88. The lowest BCUT2D eigenvalue weighted by molar-refractivity contribution is -0.155. The molecule has 3 rings (SSSR count). The second-order valence-electron chi connectivity index (χ2n) is 5.04. The zero-order valence-electron chi connectivity index (χ0n) is 11.3. The van der Waals surface area contributed by atoms with Crippen molar-refractivity contribution < 1.29 is 24.9 Å². The summed E-state index contributed by atoms with van der Waals surface area (Å²) in [7, 11) is 0. The van der Waals surface area contributed by atoms with Crippen LogP contribution in [0, 0.1) is 0 Å². The highest BCUT2D eigenvalue weighted by Gasteiger charge is 2.60. The van der Waals surface area contributed by atoms with Gasteiger partial charge in [-0.25, -0.2) is 9.50 Å². The number of ether oxygens (including phenoxy) is 1. The van der Waals surface area contributed by atoms with E-state index in [0.29, 0.717) is 5.52 Å². The number of amides is 1. The third-order valence-corrected chi connectivity index (χ3v) is 3.87. The third kappa shape index (κ3) is 1.72. The van der Waals surface area contributed by atoms with Crippen LogP contribution in [0.4, 0.5) is 5.82 Å². The van der Waals surface area contributed by atoms with E-state index in [1.165, 1.54) is 23.0 Å². The first-order chi connectivity index (χ1) is 10.4. The number of primary amides is 1. The maximum absolute atomic E-state index is 12.0. The van der Waals surface area contributed by atoms with Gasteiger partial charge in [0.1, 0.15) is 30.2 Å². The Bertz CT molecular complexity index is 734. The molecule has 0 bridgehead atoms. The quantitative estimate of drug-likeness (QED) is 0.402. The van der Waals surface area contributed by atoms with Gasteiger partial charge in [0.05, 0.1) is 12.3 Å². The van der Waals surface area contributed by atoms with Crippen LogP contribution < -0.4 is 11.5 Å². The maximum atomic E-state index is 12.0. The summed E-state index contributed by atoms with van der Waals surface area (Å²) in [6.45, 7) is -0.590. The van der Waals surface area contributed by atoms with Crippen molar-refractivity contribution in [2.45, 2.75) is 23.9 Å². The number of hydrogen-bond acceptors (Lipinski definition) is 8. The molecule has 118 valence electrons. The summed E-state index contributed by atoms with van der Waals surface area (Å²) in [6, 6.07) is 2.98. The van der Waals surface area contributed by atoms with E-state index in [1.807, 2.05) is 0 Å². The fraction of sp³-hybridized carbons (Fsp3) is 0.417. The predicted octanol–water partition coefficient (Wildman–Crippen LogP) is -2.89. The average molecular weight is 309 g/mol. The molecule has 1 fully saturated rings. The van der Waals surface area contributed by atoms with Gasteiger partial charge in [-0.1, -0.05) is 0 Å². The molecule has 0 saturated carbocycles. The monoisotopic (exact) mass is 309 g/mol. The zero-order chi connectivity index (χ0) is 16.1. The third-order valence-electron chi connectivity index (χ3n) is 3.87. The highest BCUT2D eigenvalue weighted by atomic mass is 16.6. The minimum absolute atomic E-state index is 0.0894. The van der Waals surface area contributed by atoms with Crippen molar-refractivity contribution in [1.29, 1.82) is 0 Å². The number of carbonyl (C=O) groups excluding carboxylic acids is 1. The Morgan fingerprint density at radius 3 is 2.77 bits per heavy atom. The van der Waals surface area contributed by atoms with Crippen molar-refractivity contribution >= 4 is 17.2 Å². The van der Waals surface area contributed by atoms with E-state index < -0.39 is 36.4 Å². The lowest BCUT2D eigenvalue weighted by Gasteiger charge is -2.28. The van der Waals surface area contributed by atoms with E-state index in [0.717, 1.165) is 0 Å². The highest BCUT2D eigenvalue weighted by Crippen LogP contribution is 2.40. The second-order valence-corrected chi connectivity index (χ2v) is 5.04. The summed E-state index contributed by atoms with van der Waals surface area (Å²) < 4.78 is 6.68. The number of hydrogen-bond donors (Lipinski definition) is 5. The fourth-order valence-electron chi connectivity index (χ4n) is 2.74. The Hall–Kier alpha value is -2.27. The summed E-state index contributed by atoms with van der Waals surface area (Å²) in [5.74, 6) is -0.861. The number of aromatic nitrogens is 3. The van der Waals surface area contributed by atoms with Crippen molar-refractivity contribution in [2.75, 3.05) is 12.3 Å². The van der Waals surface area contributed by atoms with Crippen LogP contribution in [0.3, 0.4) is 0 Å². The molecular formula is C12H15N5O5. The molecule has 7 N–H and O–H groups in total. The number of nitrogens with two attached hydrogens (primary N) is 2. The van der Waals surface area contributed by atoms with Gasteiger partial charge in [-0.3, -0.25) is 4.79 Å². The zero-order valence-corrected chi connectivity index (χ0v) is 11.3. The van der Waals surface area contributed by atoms with Crippen LogP contribution in [-0.2, 0) is 15.1 Å². The predicted molar refractivity (Wildman–Crippen MR) is 72.2 cm³/mol. The van der Waals surface area contributed by atoms with Gasteiger partial charge in [0, 0.05) is 0 Å². The number of fused-ring (bicyclic) bond motifs is 1. The minimum Gasteiger partial charge on any atom is -0.394 e. The van der Waals surface area contributed by atoms with Gasteiger partial charge in [-0.15, -0.1) is 0 Å². The number of nitrogen functional groups attached to an aromatic ring is 1. The van der Waals surface area contributed by atoms with Gasteiger partial charge in [0.2, 0.25) is 5.60 Å². The van der Waals surface area contributed by atoms with Gasteiger partial charge in [-0.2, -0.15) is 5.10 Å². The first kappa shape index (κ1) is 14.7. The molecule has 10 nitrogen and oxygen atoms in total. The van der Waals surface area contributed by atoms with Gasteiger partial charge >= 0.3 is 0 Å². The lowest BCUT2D eigenvalue weighted by atomic mass is 9.90. The van der Waals surface area contributed by atoms with Gasteiger partial charge < -0.3 is 31.5 Å². The smallest absolute Gasteiger partial charge is 0.258 e. The number of rotatable bonds is 3. The van der Waals surface area contributed by atoms with Crippen LogP contribution in [-0.4, -0.2) is 60.7 Å². The van der Waals surface area contributed by atoms with Gasteiger partial charge in [-0.05, 0) is 12.1 Å². The molecule has 1 aliphatic heterocycles. The lowest BCUT2D eigenvalue weighted by Crippen LogP contribution is -2.51. The van der Waals surface area contributed by atoms with Crippen LogP contribution in [0.25, 0.3) is 5.52 Å². The topological polar surface area (TPSA) is 169 Å². The van der Waals surface area contributed by atoms with Gasteiger partial charge in [0.25, 0.3) is 5.91 Å². The fourth-order valence-corrected chi connectivity index (χ4v) is 2.74. The summed E-state index contributed by atoms with van der Waals surface area (Å²) in [6.07, 6.45) is -3.15. The number of anilines is 1. The molecule has 1 unspecified atom stereocenters. The summed E-state index contributed by atoms with van der Waals surface area (Å²) in [5.41, 5.74) is 9.56. The Morgan fingerprint density at radius 1 is 1.45 bits per heavy atom. The molecule has 1 saturated heterocycles. The number of aliphatic hydroxyl groups excluding tert-OH is 3. The summed E-state index contributed by atoms with van der Waals surface area (Å²) >= 11 is 0. The summed E-state index contributed by atoms with van der Waals surface area (Å²) in [4.78, 5) is 15.8. The van der Waals surface area contributed by atoms with Crippen LogP contribution >= 0.6 is 0 Å². The molecule has 0 radical (unpaired) electrons. The van der Waals surface area contributed by atoms with Crippen molar-refractivity contribution in [2.24, 2.45) is 5.73 Å². The Kier molecular flexibility index (Phi) is 3.25. The maximum Gasteiger partial charge on any atom is 0.258 e. The minimum atomic E-state index is -2.06. The number of nitrogens with zero attached hydrogens (tertiary/aromatic N) is 3. The molecule has 0 aromatic carbocycles. The molecule has 1 aliphatic rings. The summed E-state index contributed by atoms with van der Waals surface area (Å²) in [5, 5.41) is 33.5. The molecule has 3 heterocycles. The Balaban J connectivity index is 2.24. The first-order valence-electron chi connectivity index (χ1n) is 6.47. The molecular weight excluding hydrogens is 294 g/mol. The number of carbonyl (C=O) groups is 1. The van der Waals surface area contributed by atoms with E-state index >= 15 is 0 Å². The molecule has 22 heavy (non-hydrogen) atoms. The Morgan fingerprint density at radius 2 is 2.18 bits per heavy atom. The normalized spacial score (nSPS) is 31.7. The first-order valence-corrected chi connectivity index (χ1v) is 6.47. The van der Waals surface area contributed by atoms with E-state index in [2.05, 4.69) is 10.1 Å². The van der Waals surface area contributed by atoms with E-state index in [4.69, 9.17) is 16.2 Å². The van der Waals surface area contributed by atoms with Crippen LogP contribution in [0.15, 0.2) is 18.5 Å². The van der Waals surface area contributed by atoms with E-state index in [1.54, 1.807) is 0 Å². The molecule has 4 atom stereocenters. The SMILES string of the molecule is NC(=O)[C@@]1(c2ccc3c(N)ncnn23)O[C@H](CO)C(O)[C@@H]1O. The van der Waals surface area contributed by atoms with Gasteiger partial charge in [0.15, 0.2) is 5.82 Å². The Labute approximate surface area is 123 Å². The van der Waals surface area contributed by atoms with Crippen LogP contribution in [0.5, 0.6) is 0 Å². The standard InChI is InChI=1S/C12H15N5O5/c13-10-5-1-2-7(17(5)16-4-15-10)12(11(14)21)9(20)8(19)6(3-18)22-12/h1-2,4,6,8-9,18-20H,3H2,(H2,14,21)(H2,13,15,16)/t6-,8?,9+,12+/m1/s1. The largest absolute Gasteiger partial charge is 0.394 e. The van der Waals surface area contributed by atoms with E-state index in [9.17, 15) is 20.1 Å². The van der Waals surface area contributed by atoms with Crippen LogP contribution in [0.2, 0.25) is 0 Å². The highest BCUT2D eigenvalue weighted by molar-refractivity contribution is 5.86. The van der Waals surface area contributed by atoms with Crippen molar-refractivity contribution in [3.05, 3.63) is 24.2 Å². The number of aliphatic hydroxyl groups is 3. The van der Waals surface area contributed by atoms with Crippen LogP contribution in [0.1, 0.15) is 5.69 Å². The van der Waals surface area contributed by atoms with Crippen molar-refractivity contribution in [1.82, 2.24) is 14.6 Å². The van der Waals surface area contributed by atoms with Crippen molar-refractivity contribution in [3.63, 3.8) is 0 Å². The molecule has 1 amide bonds. The molecule has 2 aromatic rings. The van der Waals surface area contributed by atoms with Crippen molar-refractivity contribution in [3.8, 4) is 0 Å². The molecule has 10 heteroatoms.